The summed E-state index contributed by atoms with van der Waals surface area (Å²) in [4.78, 5) is 11.0. The molecule has 1 aliphatic rings. The molecule has 0 bridgehead atoms. The van der Waals surface area contributed by atoms with E-state index in [1.165, 1.54) is 16.7 Å². The fourth-order valence-corrected chi connectivity index (χ4v) is 2.05. The first-order chi connectivity index (χ1) is 7.65. The minimum absolute atomic E-state index is 0.151. The summed E-state index contributed by atoms with van der Waals surface area (Å²) >= 11 is 0. The highest BCUT2D eigenvalue weighted by Gasteiger charge is 2.20. The number of carbonyl (C=O) groups is 1. The van der Waals surface area contributed by atoms with Gasteiger partial charge in [0.15, 0.2) is 0 Å². The smallest absolute Gasteiger partial charge is 0.221 e. The highest BCUT2D eigenvalue weighted by Crippen LogP contribution is 2.11. The van der Waals surface area contributed by atoms with Crippen molar-refractivity contribution in [3.63, 3.8) is 0 Å². The van der Waals surface area contributed by atoms with Gasteiger partial charge in [-0.3, -0.25) is 4.79 Å². The van der Waals surface area contributed by atoms with Gasteiger partial charge in [0.2, 0.25) is 5.91 Å². The summed E-state index contributed by atoms with van der Waals surface area (Å²) < 4.78 is 0. The second-order valence-electron chi connectivity index (χ2n) is 4.52. The average Bonchev–Trinajstić information content (AvgIpc) is 2.63. The van der Waals surface area contributed by atoms with Crippen molar-refractivity contribution in [1.29, 1.82) is 0 Å². The van der Waals surface area contributed by atoms with Gasteiger partial charge in [-0.25, -0.2) is 0 Å². The summed E-state index contributed by atoms with van der Waals surface area (Å²) in [7, 11) is 0. The van der Waals surface area contributed by atoms with Gasteiger partial charge >= 0.3 is 0 Å². The Kier molecular flexibility index (Phi) is 3.25. The molecule has 3 heteroatoms. The van der Waals surface area contributed by atoms with Gasteiger partial charge in [0, 0.05) is 25.6 Å². The Labute approximate surface area is 96.2 Å². The summed E-state index contributed by atoms with van der Waals surface area (Å²) in [6.45, 7) is 5.82. The maximum Gasteiger partial charge on any atom is 0.221 e. The summed E-state index contributed by atoms with van der Waals surface area (Å²) in [6, 6.07) is 6.76. The van der Waals surface area contributed by atoms with Crippen molar-refractivity contribution in [2.75, 3.05) is 6.54 Å². The molecule has 0 spiro atoms. The second-order valence-corrected chi connectivity index (χ2v) is 4.52. The van der Waals surface area contributed by atoms with E-state index in [1.54, 1.807) is 0 Å². The van der Waals surface area contributed by atoms with Crippen molar-refractivity contribution in [1.82, 2.24) is 10.6 Å². The lowest BCUT2D eigenvalue weighted by Crippen LogP contribution is -2.30. The highest BCUT2D eigenvalue weighted by molar-refractivity contribution is 5.78. The van der Waals surface area contributed by atoms with E-state index in [0.29, 0.717) is 6.42 Å². The third kappa shape index (κ3) is 2.61. The van der Waals surface area contributed by atoms with Crippen molar-refractivity contribution < 1.29 is 4.79 Å². The van der Waals surface area contributed by atoms with Gasteiger partial charge in [-0.1, -0.05) is 23.8 Å². The molecular formula is C13H18N2O. The van der Waals surface area contributed by atoms with Crippen LogP contribution >= 0.6 is 0 Å². The first-order valence-corrected chi connectivity index (χ1v) is 5.71. The lowest BCUT2D eigenvalue weighted by Gasteiger charge is -2.12. The third-order valence-corrected chi connectivity index (χ3v) is 3.06. The Balaban J connectivity index is 1.92. The summed E-state index contributed by atoms with van der Waals surface area (Å²) in [6.07, 6.45) is 0.602. The Bertz CT molecular complexity index is 401. The van der Waals surface area contributed by atoms with E-state index in [9.17, 15) is 4.79 Å². The first-order valence-electron chi connectivity index (χ1n) is 5.71. The predicted octanol–water partition coefficient (Wildman–Crippen LogP) is 1.28. The van der Waals surface area contributed by atoms with Gasteiger partial charge in [0.25, 0.3) is 0 Å². The maximum absolute atomic E-state index is 11.0. The van der Waals surface area contributed by atoms with Crippen molar-refractivity contribution in [2.45, 2.75) is 32.9 Å². The third-order valence-electron chi connectivity index (χ3n) is 3.06. The van der Waals surface area contributed by atoms with Crippen LogP contribution in [0.3, 0.4) is 0 Å². The van der Waals surface area contributed by atoms with Crippen LogP contribution in [0.2, 0.25) is 0 Å². The molecule has 16 heavy (non-hydrogen) atoms. The molecule has 1 heterocycles. The SMILES string of the molecule is Cc1ccc(CNC2CNC(=O)C2)c(C)c1. The number of nitrogens with one attached hydrogen (secondary N) is 2. The first kappa shape index (κ1) is 11.1. The zero-order valence-electron chi connectivity index (χ0n) is 9.84. The van der Waals surface area contributed by atoms with E-state index < -0.39 is 0 Å². The van der Waals surface area contributed by atoms with Crippen molar-refractivity contribution >= 4 is 5.91 Å². The second kappa shape index (κ2) is 4.66. The zero-order valence-corrected chi connectivity index (χ0v) is 9.84. The van der Waals surface area contributed by atoms with Crippen LogP contribution in [0.25, 0.3) is 0 Å². The van der Waals surface area contributed by atoms with Crippen LogP contribution in [0.1, 0.15) is 23.1 Å². The van der Waals surface area contributed by atoms with Gasteiger partial charge in [-0.15, -0.1) is 0 Å². The van der Waals surface area contributed by atoms with E-state index in [1.807, 2.05) is 0 Å². The Morgan fingerprint density at radius 1 is 1.44 bits per heavy atom. The van der Waals surface area contributed by atoms with E-state index in [2.05, 4.69) is 42.7 Å². The van der Waals surface area contributed by atoms with Gasteiger partial charge in [-0.2, -0.15) is 0 Å². The maximum atomic E-state index is 11.0. The van der Waals surface area contributed by atoms with E-state index in [0.717, 1.165) is 13.1 Å². The molecule has 0 aromatic heterocycles. The zero-order chi connectivity index (χ0) is 11.5. The molecule has 1 fully saturated rings. The van der Waals surface area contributed by atoms with Crippen LogP contribution in [-0.2, 0) is 11.3 Å². The molecule has 2 N–H and O–H groups in total. The van der Waals surface area contributed by atoms with Crippen LogP contribution in [0.15, 0.2) is 18.2 Å². The van der Waals surface area contributed by atoms with E-state index >= 15 is 0 Å². The number of hydrogen-bond acceptors (Lipinski definition) is 2. The lowest BCUT2D eigenvalue weighted by molar-refractivity contribution is -0.119. The molecule has 86 valence electrons. The summed E-state index contributed by atoms with van der Waals surface area (Å²) in [5.41, 5.74) is 3.91. The van der Waals surface area contributed by atoms with Crippen LogP contribution in [0.5, 0.6) is 0 Å². The Morgan fingerprint density at radius 2 is 2.25 bits per heavy atom. The van der Waals surface area contributed by atoms with Crippen LogP contribution in [-0.4, -0.2) is 18.5 Å². The number of hydrogen-bond donors (Lipinski definition) is 2. The van der Waals surface area contributed by atoms with Crippen molar-refractivity contribution in [3.8, 4) is 0 Å². The Hall–Kier alpha value is -1.35. The van der Waals surface area contributed by atoms with Crippen molar-refractivity contribution in [3.05, 3.63) is 34.9 Å². The predicted molar refractivity (Wildman–Crippen MR) is 64.2 cm³/mol. The number of rotatable bonds is 3. The van der Waals surface area contributed by atoms with Gasteiger partial charge < -0.3 is 10.6 Å². The number of benzene rings is 1. The monoisotopic (exact) mass is 218 g/mol. The molecule has 1 atom stereocenters. The van der Waals surface area contributed by atoms with Gasteiger partial charge in [0.1, 0.15) is 0 Å². The average molecular weight is 218 g/mol. The van der Waals surface area contributed by atoms with E-state index in [-0.39, 0.29) is 11.9 Å². The minimum Gasteiger partial charge on any atom is -0.354 e. The molecule has 1 aromatic rings. The molecule has 0 radical (unpaired) electrons. The minimum atomic E-state index is 0.151. The molecule has 2 rings (SSSR count). The quantitative estimate of drug-likeness (QED) is 0.802. The Morgan fingerprint density at radius 3 is 2.88 bits per heavy atom. The molecule has 1 unspecified atom stereocenters. The normalized spacial score (nSPS) is 19.9. The van der Waals surface area contributed by atoms with Gasteiger partial charge in [-0.05, 0) is 25.0 Å². The molecule has 3 nitrogen and oxygen atoms in total. The molecule has 1 amide bonds. The van der Waals surface area contributed by atoms with Crippen molar-refractivity contribution in [2.24, 2.45) is 0 Å². The molecular weight excluding hydrogens is 200 g/mol. The molecule has 0 saturated carbocycles. The fourth-order valence-electron chi connectivity index (χ4n) is 2.05. The standard InChI is InChI=1S/C13H18N2O/c1-9-3-4-11(10(2)5-9)7-14-12-6-13(16)15-8-12/h3-5,12,14H,6-8H2,1-2H3,(H,15,16). The number of carbonyl (C=O) groups excluding carboxylic acids is 1. The summed E-state index contributed by atoms with van der Waals surface area (Å²) in [5.74, 6) is 0.151. The van der Waals surface area contributed by atoms with Crippen LogP contribution < -0.4 is 10.6 Å². The van der Waals surface area contributed by atoms with E-state index in [4.69, 9.17) is 0 Å². The number of aryl methyl sites for hydroxylation is 2. The largest absolute Gasteiger partial charge is 0.354 e. The molecule has 1 saturated heterocycles. The molecule has 1 aromatic carbocycles. The van der Waals surface area contributed by atoms with Crippen LogP contribution in [0, 0.1) is 13.8 Å². The molecule has 0 aliphatic carbocycles. The molecule has 1 aliphatic heterocycles. The summed E-state index contributed by atoms with van der Waals surface area (Å²) in [5, 5.41) is 6.23. The highest BCUT2D eigenvalue weighted by atomic mass is 16.1. The van der Waals surface area contributed by atoms with Crippen LogP contribution in [0.4, 0.5) is 0 Å². The fraction of sp³-hybridized carbons (Fsp3) is 0.462. The topological polar surface area (TPSA) is 41.1 Å². The lowest BCUT2D eigenvalue weighted by atomic mass is 10.1. The number of amides is 1. The van der Waals surface area contributed by atoms with Gasteiger partial charge in [0.05, 0.1) is 0 Å².